The fraction of sp³-hybridized carbons (Fsp3) is 0.600. The van der Waals surface area contributed by atoms with E-state index in [1.165, 1.54) is 0 Å². The highest BCUT2D eigenvalue weighted by atomic mass is 14.9. The lowest BCUT2D eigenvalue weighted by atomic mass is 9.92. The molecule has 1 aromatic rings. The Morgan fingerprint density at radius 3 is 2.25 bits per heavy atom. The minimum Gasteiger partial charge on any atom is -0.241 e. The van der Waals surface area contributed by atoms with E-state index in [2.05, 4.69) is 30.7 Å². The molecule has 0 bridgehead atoms. The highest BCUT2D eigenvalue weighted by Crippen LogP contribution is 2.23. The van der Waals surface area contributed by atoms with E-state index < -0.39 is 0 Å². The molecule has 0 saturated heterocycles. The van der Waals surface area contributed by atoms with E-state index in [-0.39, 0.29) is 0 Å². The zero-order chi connectivity index (χ0) is 8.97. The van der Waals surface area contributed by atoms with Gasteiger partial charge in [-0.05, 0) is 18.4 Å². The number of nitrogens with zero attached hydrogens (tertiary/aromatic N) is 2. The van der Waals surface area contributed by atoms with Gasteiger partial charge in [0, 0.05) is 18.3 Å². The molecule has 12 heavy (non-hydrogen) atoms. The van der Waals surface area contributed by atoms with Crippen LogP contribution < -0.4 is 0 Å². The topological polar surface area (TPSA) is 25.8 Å². The molecule has 0 saturated carbocycles. The first-order valence-corrected chi connectivity index (χ1v) is 4.52. The van der Waals surface area contributed by atoms with Crippen molar-refractivity contribution in [2.45, 2.75) is 33.1 Å². The maximum atomic E-state index is 4.26. The Kier molecular flexibility index (Phi) is 3.20. The van der Waals surface area contributed by atoms with Gasteiger partial charge in [-0.15, -0.1) is 0 Å². The van der Waals surface area contributed by atoms with E-state index in [9.17, 15) is 0 Å². The van der Waals surface area contributed by atoms with Gasteiger partial charge < -0.3 is 0 Å². The van der Waals surface area contributed by atoms with E-state index >= 15 is 0 Å². The van der Waals surface area contributed by atoms with Crippen molar-refractivity contribution >= 4 is 0 Å². The molecule has 0 spiro atoms. The van der Waals surface area contributed by atoms with Crippen molar-refractivity contribution in [3.8, 4) is 0 Å². The third kappa shape index (κ3) is 2.03. The Morgan fingerprint density at radius 1 is 1.25 bits per heavy atom. The first-order chi connectivity index (χ1) is 5.75. The van der Waals surface area contributed by atoms with Gasteiger partial charge in [0.05, 0.1) is 0 Å². The first kappa shape index (κ1) is 9.17. The van der Waals surface area contributed by atoms with E-state index in [1.54, 1.807) is 0 Å². The monoisotopic (exact) mass is 164 g/mol. The van der Waals surface area contributed by atoms with Crippen molar-refractivity contribution in [2.24, 2.45) is 5.92 Å². The molecule has 0 aliphatic carbocycles. The molecule has 1 atom stereocenters. The molecule has 1 rings (SSSR count). The Morgan fingerprint density at radius 2 is 1.83 bits per heavy atom. The summed E-state index contributed by atoms with van der Waals surface area (Å²) >= 11 is 0. The molecule has 66 valence electrons. The molecule has 0 N–H and O–H groups in total. The average Bonchev–Trinajstić information content (AvgIpc) is 2.07. The lowest BCUT2D eigenvalue weighted by molar-refractivity contribution is 0.463. The predicted molar refractivity (Wildman–Crippen MR) is 49.9 cm³/mol. The molecule has 2 nitrogen and oxygen atoms in total. The summed E-state index contributed by atoms with van der Waals surface area (Å²) in [6.45, 7) is 6.61. The fourth-order valence-electron chi connectivity index (χ4n) is 1.45. The second-order valence-corrected chi connectivity index (χ2v) is 3.37. The molecule has 0 aliphatic heterocycles. The van der Waals surface area contributed by atoms with Crippen LogP contribution in [0.3, 0.4) is 0 Å². The number of aromatic nitrogens is 2. The van der Waals surface area contributed by atoms with Crippen LogP contribution in [0.5, 0.6) is 0 Å². The quantitative estimate of drug-likeness (QED) is 0.686. The van der Waals surface area contributed by atoms with E-state index in [4.69, 9.17) is 0 Å². The van der Waals surface area contributed by atoms with Gasteiger partial charge in [-0.25, -0.2) is 9.97 Å². The fourth-order valence-corrected chi connectivity index (χ4v) is 1.45. The lowest BCUT2D eigenvalue weighted by Crippen LogP contribution is -2.09. The Bertz CT molecular complexity index is 219. The van der Waals surface area contributed by atoms with Crippen LogP contribution in [-0.4, -0.2) is 9.97 Å². The summed E-state index contributed by atoms with van der Waals surface area (Å²) in [5, 5.41) is 0. The highest BCUT2D eigenvalue weighted by molar-refractivity contribution is 4.97. The Balaban J connectivity index is 2.80. The first-order valence-electron chi connectivity index (χ1n) is 4.52. The molecule has 1 aromatic heterocycles. The van der Waals surface area contributed by atoms with Gasteiger partial charge in [0.25, 0.3) is 0 Å². The molecule has 1 unspecified atom stereocenters. The van der Waals surface area contributed by atoms with Crippen LogP contribution in [0.1, 0.15) is 38.9 Å². The molecule has 0 fully saturated rings. The Hall–Kier alpha value is -0.920. The van der Waals surface area contributed by atoms with E-state index in [0.717, 1.165) is 12.2 Å². The largest absolute Gasteiger partial charge is 0.241 e. The summed E-state index contributed by atoms with van der Waals surface area (Å²) in [7, 11) is 0. The van der Waals surface area contributed by atoms with Gasteiger partial charge in [0.1, 0.15) is 5.82 Å². The van der Waals surface area contributed by atoms with Crippen molar-refractivity contribution in [1.82, 2.24) is 9.97 Å². The van der Waals surface area contributed by atoms with Gasteiger partial charge in [-0.3, -0.25) is 0 Å². The molecule has 0 aliphatic rings. The van der Waals surface area contributed by atoms with Gasteiger partial charge >= 0.3 is 0 Å². The van der Waals surface area contributed by atoms with Crippen LogP contribution in [0.25, 0.3) is 0 Å². The summed E-state index contributed by atoms with van der Waals surface area (Å²) in [6.07, 6.45) is 4.74. The molecular weight excluding hydrogens is 148 g/mol. The smallest absolute Gasteiger partial charge is 0.131 e. The lowest BCUT2D eigenvalue weighted by Gasteiger charge is -2.16. The number of rotatable bonds is 3. The third-order valence-corrected chi connectivity index (χ3v) is 2.16. The summed E-state index contributed by atoms with van der Waals surface area (Å²) in [5.74, 6) is 2.11. The summed E-state index contributed by atoms with van der Waals surface area (Å²) in [6, 6.07) is 1.86. The molecule has 0 amide bonds. The predicted octanol–water partition coefficient (Wildman–Crippen LogP) is 2.63. The van der Waals surface area contributed by atoms with Crippen molar-refractivity contribution in [3.05, 3.63) is 24.3 Å². The molecular formula is C10H16N2. The number of hydrogen-bond donors (Lipinski definition) is 0. The molecule has 0 radical (unpaired) electrons. The number of hydrogen-bond acceptors (Lipinski definition) is 2. The van der Waals surface area contributed by atoms with Crippen molar-refractivity contribution in [3.63, 3.8) is 0 Å². The van der Waals surface area contributed by atoms with Crippen molar-refractivity contribution < 1.29 is 0 Å². The summed E-state index contributed by atoms with van der Waals surface area (Å²) < 4.78 is 0. The second-order valence-electron chi connectivity index (χ2n) is 3.37. The minimum absolute atomic E-state index is 0.506. The van der Waals surface area contributed by atoms with E-state index in [0.29, 0.717) is 11.8 Å². The van der Waals surface area contributed by atoms with Gasteiger partial charge in [0.2, 0.25) is 0 Å². The van der Waals surface area contributed by atoms with Crippen LogP contribution >= 0.6 is 0 Å². The van der Waals surface area contributed by atoms with Gasteiger partial charge in [-0.2, -0.15) is 0 Å². The van der Waals surface area contributed by atoms with Gasteiger partial charge in [0.15, 0.2) is 0 Å². The van der Waals surface area contributed by atoms with Crippen LogP contribution in [0, 0.1) is 5.92 Å². The zero-order valence-electron chi connectivity index (χ0n) is 7.99. The Labute approximate surface area is 74.1 Å². The third-order valence-electron chi connectivity index (χ3n) is 2.16. The van der Waals surface area contributed by atoms with Crippen LogP contribution in [-0.2, 0) is 0 Å². The average molecular weight is 164 g/mol. The van der Waals surface area contributed by atoms with Gasteiger partial charge in [-0.1, -0.05) is 20.8 Å². The zero-order valence-corrected chi connectivity index (χ0v) is 7.99. The minimum atomic E-state index is 0.506. The van der Waals surface area contributed by atoms with Crippen LogP contribution in [0.4, 0.5) is 0 Å². The SMILES string of the molecule is CCC(c1ncccn1)C(C)C. The van der Waals surface area contributed by atoms with Crippen molar-refractivity contribution in [2.75, 3.05) is 0 Å². The molecule has 2 heteroatoms. The van der Waals surface area contributed by atoms with E-state index in [1.807, 2.05) is 18.5 Å². The normalized spacial score (nSPS) is 13.3. The second kappa shape index (κ2) is 4.19. The maximum Gasteiger partial charge on any atom is 0.131 e. The highest BCUT2D eigenvalue weighted by Gasteiger charge is 2.15. The van der Waals surface area contributed by atoms with Crippen LogP contribution in [0.2, 0.25) is 0 Å². The van der Waals surface area contributed by atoms with Crippen LogP contribution in [0.15, 0.2) is 18.5 Å². The standard InChI is InChI=1S/C10H16N2/c1-4-9(8(2)3)10-11-6-5-7-12-10/h5-9H,4H2,1-3H3. The van der Waals surface area contributed by atoms with Crippen molar-refractivity contribution in [1.29, 1.82) is 0 Å². The maximum absolute atomic E-state index is 4.26. The molecule has 0 aromatic carbocycles. The molecule has 1 heterocycles. The summed E-state index contributed by atoms with van der Waals surface area (Å²) in [5.41, 5.74) is 0. The summed E-state index contributed by atoms with van der Waals surface area (Å²) in [4.78, 5) is 8.52.